The molecule has 5 heteroatoms. The number of rotatable bonds is 6. The van der Waals surface area contributed by atoms with Crippen molar-refractivity contribution in [2.24, 2.45) is 4.99 Å². The van der Waals surface area contributed by atoms with Crippen molar-refractivity contribution in [1.82, 2.24) is 10.1 Å². The molecule has 3 heterocycles. The molecule has 0 aliphatic carbocycles. The molecule has 0 saturated carbocycles. The monoisotopic (exact) mass is 394 g/mol. The molecule has 148 valence electrons. The molecule has 1 aliphatic heterocycles. The molecule has 0 bridgehead atoms. The zero-order valence-corrected chi connectivity index (χ0v) is 16.6. The third kappa shape index (κ3) is 3.87. The smallest absolute Gasteiger partial charge is 0.170 e. The summed E-state index contributed by atoms with van der Waals surface area (Å²) in [6, 6.07) is 22.7. The maximum Gasteiger partial charge on any atom is 0.170 e. The Morgan fingerprint density at radius 2 is 1.73 bits per heavy atom. The molecule has 0 spiro atoms. The van der Waals surface area contributed by atoms with Gasteiger partial charge in [0.1, 0.15) is 5.82 Å². The molecule has 0 unspecified atom stereocenters. The number of pyridine rings is 1. The highest BCUT2D eigenvalue weighted by molar-refractivity contribution is 5.94. The van der Waals surface area contributed by atoms with Gasteiger partial charge in [-0.3, -0.25) is 4.99 Å². The van der Waals surface area contributed by atoms with Gasteiger partial charge in [-0.2, -0.15) is 0 Å². The number of anilines is 1. The van der Waals surface area contributed by atoms with Crippen LogP contribution in [0.2, 0.25) is 0 Å². The van der Waals surface area contributed by atoms with E-state index >= 15 is 0 Å². The predicted octanol–water partition coefficient (Wildman–Crippen LogP) is 5.17. The summed E-state index contributed by atoms with van der Waals surface area (Å²) >= 11 is 0. The van der Waals surface area contributed by atoms with E-state index in [0.29, 0.717) is 18.0 Å². The average Bonchev–Trinajstić information content (AvgIpc) is 3.40. The first kappa shape index (κ1) is 18.3. The number of benzene rings is 2. The van der Waals surface area contributed by atoms with Gasteiger partial charge in [0, 0.05) is 30.8 Å². The van der Waals surface area contributed by atoms with Crippen molar-refractivity contribution in [3.63, 3.8) is 0 Å². The summed E-state index contributed by atoms with van der Waals surface area (Å²) in [6.07, 6.45) is 5.35. The van der Waals surface area contributed by atoms with E-state index in [4.69, 9.17) is 15.2 Å². The number of hydrogen-bond donors (Lipinski definition) is 1. The molecule has 2 N–H and O–H groups in total. The van der Waals surface area contributed by atoms with Gasteiger partial charge in [0.2, 0.25) is 0 Å². The zero-order valence-electron chi connectivity index (χ0n) is 16.6. The van der Waals surface area contributed by atoms with Crippen molar-refractivity contribution < 1.29 is 4.52 Å². The molecule has 5 rings (SSSR count). The van der Waals surface area contributed by atoms with Crippen LogP contribution in [0.5, 0.6) is 0 Å². The number of aliphatic imine (C=N–C) groups is 1. The maximum absolute atomic E-state index is 5.92. The summed E-state index contributed by atoms with van der Waals surface area (Å²) in [4.78, 5) is 8.86. The van der Waals surface area contributed by atoms with E-state index < -0.39 is 0 Å². The van der Waals surface area contributed by atoms with E-state index in [1.54, 1.807) is 6.20 Å². The lowest BCUT2D eigenvalue weighted by atomic mass is 10.0. The van der Waals surface area contributed by atoms with Crippen molar-refractivity contribution in [3.8, 4) is 11.3 Å². The van der Waals surface area contributed by atoms with Gasteiger partial charge in [0.25, 0.3) is 0 Å². The highest BCUT2D eigenvalue weighted by atomic mass is 16.5. The number of nitrogen functional groups attached to an aromatic ring is 1. The molecule has 4 aromatic rings. The zero-order chi connectivity index (χ0) is 20.3. The minimum absolute atomic E-state index is 0.444. The lowest BCUT2D eigenvalue weighted by Crippen LogP contribution is -2.00. The van der Waals surface area contributed by atoms with Gasteiger partial charge in [-0.25, -0.2) is 4.98 Å². The molecule has 0 amide bonds. The van der Waals surface area contributed by atoms with Crippen LogP contribution in [0.4, 0.5) is 11.5 Å². The minimum atomic E-state index is 0.444. The Labute approximate surface area is 175 Å². The fourth-order valence-electron chi connectivity index (χ4n) is 3.81. The Hall–Kier alpha value is -3.73. The van der Waals surface area contributed by atoms with Crippen LogP contribution >= 0.6 is 0 Å². The van der Waals surface area contributed by atoms with Gasteiger partial charge in [-0.05, 0) is 47.7 Å². The Morgan fingerprint density at radius 1 is 0.900 bits per heavy atom. The van der Waals surface area contributed by atoms with Crippen molar-refractivity contribution in [2.45, 2.75) is 25.7 Å². The predicted molar refractivity (Wildman–Crippen MR) is 119 cm³/mol. The molecule has 0 fully saturated rings. The molecule has 30 heavy (non-hydrogen) atoms. The van der Waals surface area contributed by atoms with Crippen molar-refractivity contribution >= 4 is 17.2 Å². The van der Waals surface area contributed by atoms with Crippen LogP contribution < -0.4 is 5.73 Å². The summed E-state index contributed by atoms with van der Waals surface area (Å²) in [5, 5.41) is 4.19. The third-order valence-electron chi connectivity index (χ3n) is 5.44. The molecule has 0 radical (unpaired) electrons. The summed E-state index contributed by atoms with van der Waals surface area (Å²) in [5.74, 6) is 1.09. The van der Waals surface area contributed by atoms with E-state index in [-0.39, 0.29) is 0 Å². The molecule has 5 nitrogen and oxygen atoms in total. The standard InChI is InChI=1S/C25H22N4O/c26-25-22(5-3-13-27-25)24-16-21(29-30-24)14-18-9-7-17(8-10-18)11-12-20-15-19-4-1-2-6-23(19)28-20/h1-10,13,16H,11-12,14-15H2,(H2,26,27). The van der Waals surface area contributed by atoms with Crippen LogP contribution in [0.15, 0.2) is 82.4 Å². The maximum atomic E-state index is 5.92. The van der Waals surface area contributed by atoms with Gasteiger partial charge < -0.3 is 10.3 Å². The van der Waals surface area contributed by atoms with E-state index in [1.807, 2.05) is 24.3 Å². The van der Waals surface area contributed by atoms with Gasteiger partial charge in [0.05, 0.1) is 16.9 Å². The third-order valence-corrected chi connectivity index (χ3v) is 5.44. The Kier molecular flexibility index (Phi) is 4.85. The van der Waals surface area contributed by atoms with E-state index in [1.165, 1.54) is 22.4 Å². The SMILES string of the molecule is Nc1ncccc1-c1cc(Cc2ccc(CCC3=Nc4ccccc4C3)cc2)no1. The van der Waals surface area contributed by atoms with E-state index in [9.17, 15) is 0 Å². The van der Waals surface area contributed by atoms with Crippen LogP contribution in [0.25, 0.3) is 11.3 Å². The Bertz CT molecular complexity index is 1210. The first-order chi connectivity index (χ1) is 14.7. The number of nitrogens with two attached hydrogens (primary N) is 1. The van der Waals surface area contributed by atoms with Gasteiger partial charge >= 0.3 is 0 Å². The van der Waals surface area contributed by atoms with E-state index in [2.05, 4.69) is 52.6 Å². The number of fused-ring (bicyclic) bond motifs is 1. The topological polar surface area (TPSA) is 77.3 Å². The lowest BCUT2D eigenvalue weighted by molar-refractivity contribution is 0.425. The lowest BCUT2D eigenvalue weighted by Gasteiger charge is -2.04. The van der Waals surface area contributed by atoms with Gasteiger partial charge in [-0.15, -0.1) is 0 Å². The number of aromatic nitrogens is 2. The molecule has 2 aromatic carbocycles. The van der Waals surface area contributed by atoms with Crippen LogP contribution in [-0.2, 0) is 19.3 Å². The number of aryl methyl sites for hydroxylation is 1. The molecular formula is C25H22N4O. The molecule has 0 saturated heterocycles. The second kappa shape index (κ2) is 7.95. The van der Waals surface area contributed by atoms with E-state index in [0.717, 1.165) is 36.2 Å². The second-order valence-corrected chi connectivity index (χ2v) is 7.60. The fraction of sp³-hybridized carbons (Fsp3) is 0.160. The summed E-state index contributed by atoms with van der Waals surface area (Å²) in [7, 11) is 0. The quantitative estimate of drug-likeness (QED) is 0.489. The minimum Gasteiger partial charge on any atom is -0.383 e. The molecule has 2 aromatic heterocycles. The van der Waals surface area contributed by atoms with Crippen molar-refractivity contribution in [1.29, 1.82) is 0 Å². The number of para-hydroxylation sites is 1. The van der Waals surface area contributed by atoms with Crippen LogP contribution in [0.3, 0.4) is 0 Å². The fourth-order valence-corrected chi connectivity index (χ4v) is 3.81. The highest BCUT2D eigenvalue weighted by Crippen LogP contribution is 2.28. The second-order valence-electron chi connectivity index (χ2n) is 7.60. The van der Waals surface area contributed by atoms with Crippen molar-refractivity contribution in [2.75, 3.05) is 5.73 Å². The first-order valence-corrected chi connectivity index (χ1v) is 10.1. The Balaban J connectivity index is 1.20. The average molecular weight is 394 g/mol. The summed E-state index contributed by atoms with van der Waals surface area (Å²) in [5.41, 5.74) is 13.8. The molecular weight excluding hydrogens is 372 g/mol. The number of hydrogen-bond acceptors (Lipinski definition) is 5. The molecule has 0 atom stereocenters. The van der Waals surface area contributed by atoms with Gasteiger partial charge in [0.15, 0.2) is 5.76 Å². The molecule has 1 aliphatic rings. The highest BCUT2D eigenvalue weighted by Gasteiger charge is 2.14. The van der Waals surface area contributed by atoms with Gasteiger partial charge in [-0.1, -0.05) is 47.6 Å². The van der Waals surface area contributed by atoms with Crippen molar-refractivity contribution in [3.05, 3.63) is 95.3 Å². The Morgan fingerprint density at radius 3 is 2.57 bits per heavy atom. The summed E-state index contributed by atoms with van der Waals surface area (Å²) in [6.45, 7) is 0. The number of nitrogens with zero attached hydrogens (tertiary/aromatic N) is 3. The van der Waals surface area contributed by atoms with Crippen LogP contribution in [-0.4, -0.2) is 15.9 Å². The largest absolute Gasteiger partial charge is 0.383 e. The normalized spacial score (nSPS) is 12.6. The first-order valence-electron chi connectivity index (χ1n) is 10.1. The van der Waals surface area contributed by atoms with Crippen LogP contribution in [0.1, 0.15) is 28.8 Å². The van der Waals surface area contributed by atoms with Crippen LogP contribution in [0, 0.1) is 0 Å². The summed E-state index contributed by atoms with van der Waals surface area (Å²) < 4.78 is 5.47.